The zero-order valence-electron chi connectivity index (χ0n) is 10.2. The first-order valence-electron chi connectivity index (χ1n) is 5.73. The molecule has 0 saturated carbocycles. The molecular weight excluding hydrogens is 234 g/mol. The summed E-state index contributed by atoms with van der Waals surface area (Å²) in [6.07, 6.45) is 0.966. The highest BCUT2D eigenvalue weighted by Gasteiger charge is 2.11. The van der Waals surface area contributed by atoms with E-state index in [2.05, 4.69) is 25.2 Å². The molecule has 0 amide bonds. The average Bonchev–Trinajstić information content (AvgIpc) is 2.28. The maximum Gasteiger partial charge on any atom is 0.101 e. The zero-order chi connectivity index (χ0) is 12.8. The third-order valence-electron chi connectivity index (χ3n) is 2.50. The van der Waals surface area contributed by atoms with Crippen molar-refractivity contribution in [1.82, 2.24) is 0 Å². The summed E-state index contributed by atoms with van der Waals surface area (Å²) < 4.78 is 0. The third kappa shape index (κ3) is 4.26. The van der Waals surface area contributed by atoms with Crippen molar-refractivity contribution in [3.8, 4) is 6.07 Å². The predicted octanol–water partition coefficient (Wildman–Crippen LogP) is 3.00. The molecule has 0 bridgehead atoms. The van der Waals surface area contributed by atoms with Gasteiger partial charge in [-0.25, -0.2) is 0 Å². The fraction of sp³-hybridized carbons (Fsp3) is 0.462. The molecule has 0 aliphatic rings. The SMILES string of the molecule is CC(C)CC(CN)Nc1cc(Cl)ccc1C#N. The van der Waals surface area contributed by atoms with Gasteiger partial charge in [-0.3, -0.25) is 0 Å². The predicted molar refractivity (Wildman–Crippen MR) is 72.1 cm³/mol. The summed E-state index contributed by atoms with van der Waals surface area (Å²) in [4.78, 5) is 0. The molecule has 1 atom stereocenters. The van der Waals surface area contributed by atoms with Crippen molar-refractivity contribution in [3.63, 3.8) is 0 Å². The van der Waals surface area contributed by atoms with Gasteiger partial charge in [0.15, 0.2) is 0 Å². The Labute approximate surface area is 108 Å². The van der Waals surface area contributed by atoms with Gasteiger partial charge >= 0.3 is 0 Å². The summed E-state index contributed by atoms with van der Waals surface area (Å²) in [6.45, 7) is 4.83. The Balaban J connectivity index is 2.85. The maximum atomic E-state index is 9.01. The van der Waals surface area contributed by atoms with Crippen LogP contribution in [0, 0.1) is 17.2 Å². The fourth-order valence-electron chi connectivity index (χ4n) is 1.74. The van der Waals surface area contributed by atoms with E-state index in [0.29, 0.717) is 23.0 Å². The topological polar surface area (TPSA) is 61.8 Å². The molecule has 0 spiro atoms. The van der Waals surface area contributed by atoms with Gasteiger partial charge in [-0.1, -0.05) is 25.4 Å². The van der Waals surface area contributed by atoms with Gasteiger partial charge < -0.3 is 11.1 Å². The van der Waals surface area contributed by atoms with Crippen LogP contribution >= 0.6 is 11.6 Å². The minimum absolute atomic E-state index is 0.167. The van der Waals surface area contributed by atoms with Crippen molar-refractivity contribution < 1.29 is 0 Å². The number of nitriles is 1. The highest BCUT2D eigenvalue weighted by molar-refractivity contribution is 6.30. The molecule has 0 aliphatic heterocycles. The van der Waals surface area contributed by atoms with Gasteiger partial charge in [0.2, 0.25) is 0 Å². The molecule has 0 heterocycles. The molecule has 0 aliphatic carbocycles. The van der Waals surface area contributed by atoms with E-state index in [1.54, 1.807) is 18.2 Å². The van der Waals surface area contributed by atoms with Crippen molar-refractivity contribution >= 4 is 17.3 Å². The Morgan fingerprint density at radius 2 is 2.18 bits per heavy atom. The van der Waals surface area contributed by atoms with Crippen LogP contribution in [0.1, 0.15) is 25.8 Å². The molecule has 0 fully saturated rings. The second-order valence-corrected chi connectivity index (χ2v) is 4.94. The molecule has 0 radical (unpaired) electrons. The van der Waals surface area contributed by atoms with Crippen molar-refractivity contribution in [3.05, 3.63) is 28.8 Å². The molecule has 3 N–H and O–H groups in total. The molecule has 3 nitrogen and oxygen atoms in total. The van der Waals surface area contributed by atoms with E-state index < -0.39 is 0 Å². The number of benzene rings is 1. The second-order valence-electron chi connectivity index (χ2n) is 4.51. The standard InChI is InChI=1S/C13H18ClN3/c1-9(2)5-12(8-16)17-13-6-11(14)4-3-10(13)7-15/h3-4,6,9,12,17H,5,8,16H2,1-2H3. The Morgan fingerprint density at radius 3 is 2.71 bits per heavy atom. The van der Waals surface area contributed by atoms with Crippen LogP contribution < -0.4 is 11.1 Å². The van der Waals surface area contributed by atoms with E-state index in [1.165, 1.54) is 0 Å². The third-order valence-corrected chi connectivity index (χ3v) is 2.74. The van der Waals surface area contributed by atoms with Gasteiger partial charge in [-0.2, -0.15) is 5.26 Å². The number of rotatable bonds is 5. The van der Waals surface area contributed by atoms with Crippen LogP contribution in [0.2, 0.25) is 5.02 Å². The first kappa shape index (κ1) is 13.8. The van der Waals surface area contributed by atoms with Crippen LogP contribution in [0.3, 0.4) is 0 Å². The van der Waals surface area contributed by atoms with Crippen LogP contribution in [0.5, 0.6) is 0 Å². The minimum atomic E-state index is 0.167. The number of hydrogen-bond acceptors (Lipinski definition) is 3. The molecule has 1 rings (SSSR count). The first-order chi connectivity index (χ1) is 8.06. The number of hydrogen-bond donors (Lipinski definition) is 2. The average molecular weight is 252 g/mol. The van der Waals surface area contributed by atoms with E-state index in [9.17, 15) is 0 Å². The summed E-state index contributed by atoms with van der Waals surface area (Å²) in [5.74, 6) is 0.556. The van der Waals surface area contributed by atoms with Crippen LogP contribution in [0.25, 0.3) is 0 Å². The number of nitrogens with zero attached hydrogens (tertiary/aromatic N) is 1. The van der Waals surface area contributed by atoms with Crippen molar-refractivity contribution in [2.75, 3.05) is 11.9 Å². The van der Waals surface area contributed by atoms with Gasteiger partial charge in [0, 0.05) is 17.6 Å². The van der Waals surface area contributed by atoms with E-state index in [0.717, 1.165) is 12.1 Å². The quantitative estimate of drug-likeness (QED) is 0.846. The number of anilines is 1. The first-order valence-corrected chi connectivity index (χ1v) is 6.10. The van der Waals surface area contributed by atoms with E-state index in [-0.39, 0.29) is 6.04 Å². The lowest BCUT2D eigenvalue weighted by molar-refractivity contribution is 0.522. The Hall–Kier alpha value is -1.24. The Kier molecular flexibility index (Phi) is 5.27. The summed E-state index contributed by atoms with van der Waals surface area (Å²) in [5.41, 5.74) is 7.07. The molecule has 1 unspecified atom stereocenters. The molecular formula is C13H18ClN3. The lowest BCUT2D eigenvalue weighted by Crippen LogP contribution is -2.30. The number of nitrogens with two attached hydrogens (primary N) is 1. The molecule has 4 heteroatoms. The number of nitrogens with one attached hydrogen (secondary N) is 1. The van der Waals surface area contributed by atoms with Crippen LogP contribution in [0.15, 0.2) is 18.2 Å². The second kappa shape index (κ2) is 6.48. The fourth-order valence-corrected chi connectivity index (χ4v) is 1.91. The molecule has 0 saturated heterocycles. The van der Waals surface area contributed by atoms with E-state index in [1.807, 2.05) is 0 Å². The largest absolute Gasteiger partial charge is 0.380 e. The minimum Gasteiger partial charge on any atom is -0.380 e. The summed E-state index contributed by atoms with van der Waals surface area (Å²) in [7, 11) is 0. The van der Waals surface area contributed by atoms with Gasteiger partial charge in [-0.05, 0) is 30.5 Å². The molecule has 0 aromatic heterocycles. The lowest BCUT2D eigenvalue weighted by atomic mass is 10.0. The maximum absolute atomic E-state index is 9.01. The summed E-state index contributed by atoms with van der Waals surface area (Å²) in [6, 6.07) is 7.51. The molecule has 1 aromatic carbocycles. The Bertz CT molecular complexity index is 410. The normalized spacial score (nSPS) is 12.2. The van der Waals surface area contributed by atoms with Gasteiger partial charge in [0.25, 0.3) is 0 Å². The summed E-state index contributed by atoms with van der Waals surface area (Å²) in [5, 5.41) is 12.9. The van der Waals surface area contributed by atoms with Gasteiger partial charge in [0.1, 0.15) is 6.07 Å². The monoisotopic (exact) mass is 251 g/mol. The lowest BCUT2D eigenvalue weighted by Gasteiger charge is -2.20. The van der Waals surface area contributed by atoms with Crippen LogP contribution in [-0.4, -0.2) is 12.6 Å². The zero-order valence-corrected chi connectivity index (χ0v) is 11.0. The van der Waals surface area contributed by atoms with Crippen molar-refractivity contribution in [2.24, 2.45) is 11.7 Å². The highest BCUT2D eigenvalue weighted by Crippen LogP contribution is 2.22. The van der Waals surface area contributed by atoms with E-state index >= 15 is 0 Å². The van der Waals surface area contributed by atoms with Crippen LogP contribution in [0.4, 0.5) is 5.69 Å². The van der Waals surface area contributed by atoms with Crippen molar-refractivity contribution in [1.29, 1.82) is 5.26 Å². The number of halogens is 1. The van der Waals surface area contributed by atoms with Gasteiger partial charge in [-0.15, -0.1) is 0 Å². The molecule has 1 aromatic rings. The summed E-state index contributed by atoms with van der Waals surface area (Å²) >= 11 is 5.93. The van der Waals surface area contributed by atoms with Crippen molar-refractivity contribution in [2.45, 2.75) is 26.3 Å². The highest BCUT2D eigenvalue weighted by atomic mass is 35.5. The Morgan fingerprint density at radius 1 is 1.47 bits per heavy atom. The van der Waals surface area contributed by atoms with Crippen LogP contribution in [-0.2, 0) is 0 Å². The smallest absolute Gasteiger partial charge is 0.101 e. The molecule has 92 valence electrons. The molecule has 17 heavy (non-hydrogen) atoms. The van der Waals surface area contributed by atoms with Gasteiger partial charge in [0.05, 0.1) is 11.3 Å². The van der Waals surface area contributed by atoms with E-state index in [4.69, 9.17) is 22.6 Å².